The lowest BCUT2D eigenvalue weighted by molar-refractivity contribution is -0.141. The number of carboxylic acids is 1. The molecular weight excluding hydrogens is 272 g/mol. The van der Waals surface area contributed by atoms with Gasteiger partial charge in [0.2, 0.25) is 11.8 Å². The topological polar surface area (TPSA) is 86.7 Å². The van der Waals surface area contributed by atoms with Crippen LogP contribution in [0.2, 0.25) is 0 Å². The van der Waals surface area contributed by atoms with Gasteiger partial charge in [0.15, 0.2) is 0 Å². The number of hydrogen-bond donors (Lipinski definition) is 2. The summed E-state index contributed by atoms with van der Waals surface area (Å²) in [7, 11) is 0. The van der Waals surface area contributed by atoms with E-state index in [1.165, 1.54) is 0 Å². The van der Waals surface area contributed by atoms with Crippen molar-refractivity contribution >= 4 is 17.8 Å². The molecule has 0 aromatic rings. The molecule has 6 nitrogen and oxygen atoms in total. The molecule has 1 unspecified atom stereocenters. The number of rotatable bonds is 5. The Morgan fingerprint density at radius 3 is 2.62 bits per heavy atom. The Kier molecular flexibility index (Phi) is 5.20. The first-order chi connectivity index (χ1) is 10.0. The van der Waals surface area contributed by atoms with Crippen LogP contribution >= 0.6 is 0 Å². The van der Waals surface area contributed by atoms with Crippen molar-refractivity contribution in [2.75, 3.05) is 6.54 Å². The third-order valence-electron chi connectivity index (χ3n) is 4.47. The lowest BCUT2D eigenvalue weighted by Crippen LogP contribution is -2.48. The van der Waals surface area contributed by atoms with Crippen molar-refractivity contribution in [2.45, 2.75) is 64.0 Å². The summed E-state index contributed by atoms with van der Waals surface area (Å²) in [4.78, 5) is 37.0. The molecule has 1 aliphatic heterocycles. The SMILES string of the molecule is CCCC(=O)N1CCCC1C(=O)N[C@H]1CC[C@@H](C(=O)O)C1. The molecule has 21 heavy (non-hydrogen) atoms. The van der Waals surface area contributed by atoms with E-state index in [1.807, 2.05) is 6.92 Å². The Labute approximate surface area is 124 Å². The van der Waals surface area contributed by atoms with Crippen LogP contribution in [0.1, 0.15) is 51.9 Å². The van der Waals surface area contributed by atoms with Gasteiger partial charge in [-0.1, -0.05) is 6.92 Å². The summed E-state index contributed by atoms with van der Waals surface area (Å²) in [6, 6.07) is -0.435. The Bertz CT molecular complexity index is 424. The van der Waals surface area contributed by atoms with Gasteiger partial charge in [0.1, 0.15) is 6.04 Å². The molecule has 1 aliphatic carbocycles. The Balaban J connectivity index is 1.88. The molecular formula is C15H24N2O4. The quantitative estimate of drug-likeness (QED) is 0.796. The van der Waals surface area contributed by atoms with E-state index in [9.17, 15) is 14.4 Å². The molecule has 2 amide bonds. The minimum absolute atomic E-state index is 0.0463. The van der Waals surface area contributed by atoms with Crippen LogP contribution in [0.15, 0.2) is 0 Å². The molecule has 1 saturated heterocycles. The molecule has 2 N–H and O–H groups in total. The Morgan fingerprint density at radius 1 is 1.24 bits per heavy atom. The molecule has 0 bridgehead atoms. The molecule has 1 heterocycles. The highest BCUT2D eigenvalue weighted by atomic mass is 16.4. The number of nitrogens with zero attached hydrogens (tertiary/aromatic N) is 1. The van der Waals surface area contributed by atoms with E-state index >= 15 is 0 Å². The van der Waals surface area contributed by atoms with Gasteiger partial charge < -0.3 is 15.3 Å². The smallest absolute Gasteiger partial charge is 0.306 e. The fraction of sp³-hybridized carbons (Fsp3) is 0.800. The van der Waals surface area contributed by atoms with Gasteiger partial charge in [-0.25, -0.2) is 0 Å². The first-order valence-corrected chi connectivity index (χ1v) is 7.85. The number of carbonyl (C=O) groups is 3. The van der Waals surface area contributed by atoms with E-state index in [4.69, 9.17) is 5.11 Å². The van der Waals surface area contributed by atoms with Crippen LogP contribution in [0, 0.1) is 5.92 Å². The van der Waals surface area contributed by atoms with Gasteiger partial charge in [-0.05, 0) is 38.5 Å². The van der Waals surface area contributed by atoms with Crippen molar-refractivity contribution in [3.8, 4) is 0 Å². The van der Waals surface area contributed by atoms with Gasteiger partial charge in [0, 0.05) is 19.0 Å². The summed E-state index contributed by atoms with van der Waals surface area (Å²) in [5.74, 6) is -1.21. The van der Waals surface area contributed by atoms with E-state index in [1.54, 1.807) is 4.90 Å². The zero-order chi connectivity index (χ0) is 15.4. The zero-order valence-electron chi connectivity index (χ0n) is 12.5. The number of amides is 2. The highest BCUT2D eigenvalue weighted by Crippen LogP contribution is 2.26. The molecule has 6 heteroatoms. The van der Waals surface area contributed by atoms with Crippen LogP contribution in [0.5, 0.6) is 0 Å². The van der Waals surface area contributed by atoms with Gasteiger partial charge in [-0.2, -0.15) is 0 Å². The summed E-state index contributed by atoms with van der Waals surface area (Å²) >= 11 is 0. The fourth-order valence-corrected chi connectivity index (χ4v) is 3.33. The lowest BCUT2D eigenvalue weighted by Gasteiger charge is -2.25. The molecule has 0 spiro atoms. The van der Waals surface area contributed by atoms with Crippen LogP contribution in [-0.2, 0) is 14.4 Å². The van der Waals surface area contributed by atoms with E-state index in [0.717, 1.165) is 12.8 Å². The number of carboxylic acid groups (broad SMARTS) is 1. The maximum atomic E-state index is 12.3. The Morgan fingerprint density at radius 2 is 2.00 bits per heavy atom. The van der Waals surface area contributed by atoms with Crippen LogP contribution in [0.25, 0.3) is 0 Å². The number of hydrogen-bond acceptors (Lipinski definition) is 3. The van der Waals surface area contributed by atoms with E-state index in [0.29, 0.717) is 38.6 Å². The van der Waals surface area contributed by atoms with Crippen LogP contribution < -0.4 is 5.32 Å². The summed E-state index contributed by atoms with van der Waals surface area (Å²) in [5, 5.41) is 11.9. The van der Waals surface area contributed by atoms with E-state index < -0.39 is 5.97 Å². The minimum Gasteiger partial charge on any atom is -0.481 e. The number of nitrogens with one attached hydrogen (secondary N) is 1. The molecule has 0 radical (unpaired) electrons. The van der Waals surface area contributed by atoms with Gasteiger partial charge in [0.05, 0.1) is 5.92 Å². The third kappa shape index (κ3) is 3.74. The third-order valence-corrected chi connectivity index (χ3v) is 4.47. The molecule has 0 aromatic carbocycles. The first-order valence-electron chi connectivity index (χ1n) is 7.85. The zero-order valence-corrected chi connectivity index (χ0v) is 12.5. The van der Waals surface area contributed by atoms with Crippen LogP contribution in [0.4, 0.5) is 0 Å². The summed E-state index contributed by atoms with van der Waals surface area (Å²) in [5.41, 5.74) is 0. The minimum atomic E-state index is -0.785. The Hall–Kier alpha value is -1.59. The second kappa shape index (κ2) is 6.91. The molecule has 3 atom stereocenters. The lowest BCUT2D eigenvalue weighted by atomic mass is 10.1. The standard InChI is InChI=1S/C15H24N2O4/c1-2-4-13(18)17-8-3-5-12(17)14(19)16-11-7-6-10(9-11)15(20)21/h10-12H,2-9H2,1H3,(H,16,19)(H,20,21)/t10-,11+,12?/m1/s1. The maximum Gasteiger partial charge on any atom is 0.306 e. The summed E-state index contributed by atoms with van der Waals surface area (Å²) in [6.45, 7) is 2.60. The molecule has 118 valence electrons. The number of likely N-dealkylation sites (tertiary alicyclic amines) is 1. The predicted molar refractivity (Wildman–Crippen MR) is 76.6 cm³/mol. The maximum absolute atomic E-state index is 12.3. The first kappa shape index (κ1) is 15.8. The van der Waals surface area contributed by atoms with Gasteiger partial charge >= 0.3 is 5.97 Å². The van der Waals surface area contributed by atoms with Crippen molar-refractivity contribution in [2.24, 2.45) is 5.92 Å². The summed E-state index contributed by atoms with van der Waals surface area (Å²) < 4.78 is 0. The molecule has 2 rings (SSSR count). The average Bonchev–Trinajstić information content (AvgIpc) is 3.07. The van der Waals surface area contributed by atoms with Crippen LogP contribution in [0.3, 0.4) is 0 Å². The van der Waals surface area contributed by atoms with Crippen molar-refractivity contribution in [3.05, 3.63) is 0 Å². The number of carbonyl (C=O) groups excluding carboxylic acids is 2. The highest BCUT2D eigenvalue weighted by molar-refractivity contribution is 5.88. The van der Waals surface area contributed by atoms with Gasteiger partial charge in [-0.3, -0.25) is 14.4 Å². The van der Waals surface area contributed by atoms with Crippen molar-refractivity contribution < 1.29 is 19.5 Å². The summed E-state index contributed by atoms with van der Waals surface area (Å²) in [6.07, 6.45) is 4.64. The largest absolute Gasteiger partial charge is 0.481 e. The monoisotopic (exact) mass is 296 g/mol. The van der Waals surface area contributed by atoms with Crippen LogP contribution in [-0.4, -0.2) is 46.4 Å². The second-order valence-electron chi connectivity index (χ2n) is 6.05. The van der Waals surface area contributed by atoms with Gasteiger partial charge in [-0.15, -0.1) is 0 Å². The fourth-order valence-electron chi connectivity index (χ4n) is 3.33. The highest BCUT2D eigenvalue weighted by Gasteiger charge is 2.36. The molecule has 0 aromatic heterocycles. The van der Waals surface area contributed by atoms with Crippen molar-refractivity contribution in [3.63, 3.8) is 0 Å². The molecule has 2 fully saturated rings. The van der Waals surface area contributed by atoms with Gasteiger partial charge in [0.25, 0.3) is 0 Å². The van der Waals surface area contributed by atoms with Crippen molar-refractivity contribution in [1.29, 1.82) is 0 Å². The van der Waals surface area contributed by atoms with E-state index in [-0.39, 0.29) is 29.8 Å². The second-order valence-corrected chi connectivity index (χ2v) is 6.05. The van der Waals surface area contributed by atoms with E-state index in [2.05, 4.69) is 5.32 Å². The van der Waals surface area contributed by atoms with Crippen molar-refractivity contribution in [1.82, 2.24) is 10.2 Å². The molecule has 2 aliphatic rings. The predicted octanol–water partition coefficient (Wildman–Crippen LogP) is 1.15. The average molecular weight is 296 g/mol. The molecule has 1 saturated carbocycles. The normalized spacial score (nSPS) is 28.6. The number of aliphatic carboxylic acids is 1.